The molecule has 1 saturated heterocycles. The van der Waals surface area contributed by atoms with Crippen LogP contribution in [-0.2, 0) is 11.8 Å². The van der Waals surface area contributed by atoms with Crippen molar-refractivity contribution in [1.29, 1.82) is 0 Å². The summed E-state index contributed by atoms with van der Waals surface area (Å²) in [6.45, 7) is 0.563. The molecular weight excluding hydrogens is 381 g/mol. The Hall–Kier alpha value is -2.25. The molecule has 1 heterocycles. The maximum atomic E-state index is 12.8. The molecule has 8 heteroatoms. The van der Waals surface area contributed by atoms with Gasteiger partial charge in [-0.2, -0.15) is 13.2 Å². The normalized spacial score (nSPS) is 16.9. The monoisotopic (exact) mass is 398 g/mol. The van der Waals surface area contributed by atoms with Gasteiger partial charge < -0.3 is 15.3 Å². The fourth-order valence-corrected chi connectivity index (χ4v) is 3.23. The van der Waals surface area contributed by atoms with E-state index >= 15 is 0 Å². The van der Waals surface area contributed by atoms with Crippen molar-refractivity contribution in [1.82, 2.24) is 4.90 Å². The molecule has 3 rings (SSSR count). The summed E-state index contributed by atoms with van der Waals surface area (Å²) in [6.07, 6.45) is -3.82. The van der Waals surface area contributed by atoms with Crippen molar-refractivity contribution in [3.05, 3.63) is 64.7 Å². The quantitative estimate of drug-likeness (QED) is 0.758. The van der Waals surface area contributed by atoms with Crippen molar-refractivity contribution in [2.75, 3.05) is 18.4 Å². The number of alkyl halides is 3. The number of rotatable bonds is 2. The number of halogens is 4. The second-order valence-corrected chi connectivity index (χ2v) is 6.97. The maximum absolute atomic E-state index is 12.8. The zero-order valence-electron chi connectivity index (χ0n) is 14.3. The van der Waals surface area contributed by atoms with Crippen LogP contribution in [0.2, 0.25) is 5.02 Å². The number of urea groups is 1. The third-order valence-electron chi connectivity index (χ3n) is 4.70. The zero-order valence-corrected chi connectivity index (χ0v) is 15.0. The number of benzene rings is 2. The Morgan fingerprint density at radius 1 is 1.11 bits per heavy atom. The van der Waals surface area contributed by atoms with Gasteiger partial charge in [0.05, 0.1) is 11.2 Å². The first-order chi connectivity index (χ1) is 12.7. The number of nitrogens with zero attached hydrogens (tertiary/aromatic N) is 1. The molecule has 2 N–H and O–H groups in total. The molecule has 1 aliphatic rings. The summed E-state index contributed by atoms with van der Waals surface area (Å²) in [5.74, 6) is 0. The Kier molecular flexibility index (Phi) is 5.35. The number of likely N-dealkylation sites (tertiary alicyclic amines) is 1. The molecule has 0 aliphatic carbocycles. The van der Waals surface area contributed by atoms with Gasteiger partial charge in [-0.3, -0.25) is 0 Å². The minimum Gasteiger partial charge on any atom is -0.385 e. The average Bonchev–Trinajstić information content (AvgIpc) is 2.62. The van der Waals surface area contributed by atoms with Gasteiger partial charge in [0.25, 0.3) is 0 Å². The summed E-state index contributed by atoms with van der Waals surface area (Å²) in [6, 6.07) is 10.9. The highest BCUT2D eigenvalue weighted by Crippen LogP contribution is 2.34. The summed E-state index contributed by atoms with van der Waals surface area (Å²) >= 11 is 5.86. The molecule has 0 aromatic heterocycles. The number of hydrogen-bond acceptors (Lipinski definition) is 2. The van der Waals surface area contributed by atoms with Crippen LogP contribution in [0.25, 0.3) is 0 Å². The molecule has 4 nitrogen and oxygen atoms in total. The average molecular weight is 399 g/mol. The number of hydrogen-bond donors (Lipinski definition) is 2. The number of carbonyl (C=O) groups excluding carboxylic acids is 1. The van der Waals surface area contributed by atoms with Crippen LogP contribution in [0.5, 0.6) is 0 Å². The fraction of sp³-hybridized carbons (Fsp3) is 0.316. The molecule has 144 valence electrons. The van der Waals surface area contributed by atoms with E-state index in [2.05, 4.69) is 5.32 Å². The summed E-state index contributed by atoms with van der Waals surface area (Å²) in [4.78, 5) is 13.8. The van der Waals surface area contributed by atoms with Crippen LogP contribution in [0.15, 0.2) is 48.5 Å². The number of aliphatic hydroxyl groups is 1. The SMILES string of the molecule is O=C(Nc1cccc(C(F)(F)F)c1)N1CCC(O)(c2ccc(Cl)cc2)CC1. The van der Waals surface area contributed by atoms with E-state index in [0.717, 1.165) is 17.7 Å². The van der Waals surface area contributed by atoms with Gasteiger partial charge in [0.1, 0.15) is 0 Å². The summed E-state index contributed by atoms with van der Waals surface area (Å²) < 4.78 is 38.3. The summed E-state index contributed by atoms with van der Waals surface area (Å²) in [5, 5.41) is 13.9. The molecule has 0 unspecified atom stereocenters. The van der Waals surface area contributed by atoms with E-state index in [-0.39, 0.29) is 18.8 Å². The summed E-state index contributed by atoms with van der Waals surface area (Å²) in [7, 11) is 0. The second-order valence-electron chi connectivity index (χ2n) is 6.53. The van der Waals surface area contributed by atoms with Gasteiger partial charge >= 0.3 is 12.2 Å². The number of amides is 2. The lowest BCUT2D eigenvalue weighted by atomic mass is 9.84. The van der Waals surface area contributed by atoms with E-state index < -0.39 is 23.4 Å². The molecule has 0 bridgehead atoms. The number of anilines is 1. The molecule has 1 aliphatic heterocycles. The molecule has 1 fully saturated rings. The van der Waals surface area contributed by atoms with Crippen molar-refractivity contribution in [3.63, 3.8) is 0 Å². The van der Waals surface area contributed by atoms with E-state index in [4.69, 9.17) is 11.6 Å². The smallest absolute Gasteiger partial charge is 0.385 e. The first kappa shape index (κ1) is 19.5. The maximum Gasteiger partial charge on any atom is 0.416 e. The van der Waals surface area contributed by atoms with Crippen molar-refractivity contribution >= 4 is 23.3 Å². The standard InChI is InChI=1S/C19H18ClF3N2O2/c20-15-6-4-13(5-7-15)18(27)8-10-25(11-9-18)17(26)24-16-3-1-2-14(12-16)19(21,22)23/h1-7,12,27H,8-11H2,(H,24,26). The predicted octanol–water partition coefficient (Wildman–Crippen LogP) is 4.87. The molecule has 0 saturated carbocycles. The van der Waals surface area contributed by atoms with E-state index in [1.54, 1.807) is 24.3 Å². The lowest BCUT2D eigenvalue weighted by molar-refractivity contribution is -0.137. The van der Waals surface area contributed by atoms with Gasteiger partial charge in [-0.25, -0.2) is 4.79 Å². The molecule has 2 aromatic rings. The number of piperidine rings is 1. The number of carbonyl (C=O) groups is 1. The Bertz CT molecular complexity index is 816. The second kappa shape index (κ2) is 7.40. The highest BCUT2D eigenvalue weighted by atomic mass is 35.5. The Morgan fingerprint density at radius 3 is 2.33 bits per heavy atom. The third-order valence-corrected chi connectivity index (χ3v) is 4.95. The van der Waals surface area contributed by atoms with E-state index in [1.807, 2.05) is 0 Å². The Labute approximate surface area is 159 Å². The zero-order chi connectivity index (χ0) is 19.7. The van der Waals surface area contributed by atoms with Crippen molar-refractivity contribution < 1.29 is 23.1 Å². The lowest BCUT2D eigenvalue weighted by Gasteiger charge is -2.38. The van der Waals surface area contributed by atoms with Crippen LogP contribution in [0.3, 0.4) is 0 Å². The van der Waals surface area contributed by atoms with E-state index in [9.17, 15) is 23.1 Å². The van der Waals surface area contributed by atoms with Crippen LogP contribution < -0.4 is 5.32 Å². The van der Waals surface area contributed by atoms with Gasteiger partial charge in [0, 0.05) is 23.8 Å². The summed E-state index contributed by atoms with van der Waals surface area (Å²) in [5.41, 5.74) is -1.08. The van der Waals surface area contributed by atoms with Gasteiger partial charge in [-0.1, -0.05) is 29.8 Å². The molecule has 27 heavy (non-hydrogen) atoms. The highest BCUT2D eigenvalue weighted by molar-refractivity contribution is 6.30. The first-order valence-electron chi connectivity index (χ1n) is 8.39. The Morgan fingerprint density at radius 2 is 1.74 bits per heavy atom. The van der Waals surface area contributed by atoms with Crippen molar-refractivity contribution in [3.8, 4) is 0 Å². The van der Waals surface area contributed by atoms with E-state index in [1.165, 1.54) is 17.0 Å². The van der Waals surface area contributed by atoms with Crippen LogP contribution in [0, 0.1) is 0 Å². The first-order valence-corrected chi connectivity index (χ1v) is 8.77. The van der Waals surface area contributed by atoms with Crippen molar-refractivity contribution in [2.24, 2.45) is 0 Å². The van der Waals surface area contributed by atoms with Gasteiger partial charge in [0.2, 0.25) is 0 Å². The molecule has 2 aromatic carbocycles. The third kappa shape index (κ3) is 4.54. The molecule has 0 radical (unpaired) electrons. The molecule has 2 amide bonds. The lowest BCUT2D eigenvalue weighted by Crippen LogP contribution is -2.46. The van der Waals surface area contributed by atoms with Crippen molar-refractivity contribution in [2.45, 2.75) is 24.6 Å². The highest BCUT2D eigenvalue weighted by Gasteiger charge is 2.35. The van der Waals surface area contributed by atoms with Crippen LogP contribution in [0.4, 0.5) is 23.7 Å². The predicted molar refractivity (Wildman–Crippen MR) is 96.6 cm³/mol. The fourth-order valence-electron chi connectivity index (χ4n) is 3.10. The van der Waals surface area contributed by atoms with Gasteiger partial charge in [-0.05, 0) is 48.7 Å². The van der Waals surface area contributed by atoms with E-state index in [0.29, 0.717) is 17.9 Å². The Balaban J connectivity index is 1.63. The number of nitrogens with one attached hydrogen (secondary N) is 1. The molecular formula is C19H18ClF3N2O2. The van der Waals surface area contributed by atoms with Gasteiger partial charge in [0.15, 0.2) is 0 Å². The minimum absolute atomic E-state index is 0.0772. The molecule has 0 atom stereocenters. The van der Waals surface area contributed by atoms with Gasteiger partial charge in [-0.15, -0.1) is 0 Å². The van der Waals surface area contributed by atoms with Crippen LogP contribution in [-0.4, -0.2) is 29.1 Å². The largest absolute Gasteiger partial charge is 0.416 e. The molecule has 0 spiro atoms. The van der Waals surface area contributed by atoms with Crippen LogP contribution >= 0.6 is 11.6 Å². The minimum atomic E-state index is -4.47. The van der Waals surface area contributed by atoms with Crippen LogP contribution in [0.1, 0.15) is 24.0 Å². The topological polar surface area (TPSA) is 52.6 Å².